The minimum Gasteiger partial charge on any atom is -0.370 e. The van der Waals surface area contributed by atoms with Gasteiger partial charge in [0.15, 0.2) is 0 Å². The van der Waals surface area contributed by atoms with Gasteiger partial charge in [0.25, 0.3) is 5.56 Å². The van der Waals surface area contributed by atoms with Gasteiger partial charge < -0.3 is 15.5 Å². The molecule has 6 heteroatoms. The lowest BCUT2D eigenvalue weighted by Crippen LogP contribution is -2.30. The third-order valence-corrected chi connectivity index (χ3v) is 4.44. The van der Waals surface area contributed by atoms with Crippen molar-refractivity contribution >= 4 is 21.6 Å². The summed E-state index contributed by atoms with van der Waals surface area (Å²) in [5, 5.41) is 1.88. The second-order valence-electron chi connectivity index (χ2n) is 5.00. The molecule has 19 heavy (non-hydrogen) atoms. The molecule has 2 aromatic rings. The van der Waals surface area contributed by atoms with Crippen LogP contribution < -0.4 is 11.3 Å². The molecule has 0 unspecified atom stereocenters. The first-order valence-electron chi connectivity index (χ1n) is 6.56. The number of hydrogen-bond donors (Lipinski definition) is 2. The summed E-state index contributed by atoms with van der Waals surface area (Å²) in [6.45, 7) is 0.362. The highest BCUT2D eigenvalue weighted by Crippen LogP contribution is 2.21. The predicted octanol–water partition coefficient (Wildman–Crippen LogP) is 1.77. The summed E-state index contributed by atoms with van der Waals surface area (Å²) in [6.07, 6.45) is 4.25. The monoisotopic (exact) mass is 279 g/mol. The maximum atomic E-state index is 11.8. The van der Waals surface area contributed by atoms with Crippen LogP contribution in [-0.4, -0.2) is 22.1 Å². The van der Waals surface area contributed by atoms with E-state index in [9.17, 15) is 4.79 Å². The second kappa shape index (κ2) is 5.40. The number of hydrogen-bond acceptors (Lipinski definition) is 5. The molecule has 2 aromatic heterocycles. The Bertz CT molecular complexity index is 614. The lowest BCUT2D eigenvalue weighted by molar-refractivity contribution is 0.0106. The highest BCUT2D eigenvalue weighted by Gasteiger charge is 2.19. The smallest absolute Gasteiger partial charge is 0.268 e. The standard InChI is InChI=1S/C13H17N3O2S/c14-8-1-3-9(4-2-8)18-7-11-15-10-5-6-19-12(10)13(17)16-11/h5-6,8-9H,1-4,7,14H2,(H,15,16,17). The molecule has 0 aliphatic heterocycles. The molecular weight excluding hydrogens is 262 g/mol. The molecular formula is C13H17N3O2S. The summed E-state index contributed by atoms with van der Waals surface area (Å²) in [5.74, 6) is 0.603. The zero-order valence-corrected chi connectivity index (χ0v) is 11.4. The molecule has 1 aliphatic carbocycles. The highest BCUT2D eigenvalue weighted by atomic mass is 32.1. The van der Waals surface area contributed by atoms with Gasteiger partial charge in [0.1, 0.15) is 17.1 Å². The van der Waals surface area contributed by atoms with Gasteiger partial charge in [-0.1, -0.05) is 0 Å². The Hall–Kier alpha value is -1.24. The Morgan fingerprint density at radius 3 is 3.00 bits per heavy atom. The SMILES string of the molecule is NC1CCC(OCc2nc3ccsc3c(=O)[nH]2)CC1. The van der Waals surface area contributed by atoms with E-state index in [1.54, 1.807) is 0 Å². The maximum Gasteiger partial charge on any atom is 0.268 e. The van der Waals surface area contributed by atoms with Crippen LogP contribution in [-0.2, 0) is 11.3 Å². The number of thiophene rings is 1. The van der Waals surface area contributed by atoms with Crippen LogP contribution in [0, 0.1) is 0 Å². The van der Waals surface area contributed by atoms with Gasteiger partial charge >= 0.3 is 0 Å². The van der Waals surface area contributed by atoms with Crippen LogP contribution in [0.15, 0.2) is 16.2 Å². The van der Waals surface area contributed by atoms with Gasteiger partial charge in [-0.05, 0) is 37.1 Å². The van der Waals surface area contributed by atoms with Crippen molar-refractivity contribution in [3.05, 3.63) is 27.6 Å². The topological polar surface area (TPSA) is 81.0 Å². The number of nitrogens with two attached hydrogens (primary N) is 1. The molecule has 0 bridgehead atoms. The van der Waals surface area contributed by atoms with Crippen molar-refractivity contribution in [3.63, 3.8) is 0 Å². The summed E-state index contributed by atoms with van der Waals surface area (Å²) >= 11 is 1.41. The molecule has 0 atom stereocenters. The molecule has 3 rings (SSSR count). The van der Waals surface area contributed by atoms with E-state index >= 15 is 0 Å². The van der Waals surface area contributed by atoms with Gasteiger partial charge in [-0.25, -0.2) is 4.98 Å². The Morgan fingerprint density at radius 2 is 2.21 bits per heavy atom. The highest BCUT2D eigenvalue weighted by molar-refractivity contribution is 7.17. The third kappa shape index (κ3) is 2.86. The van der Waals surface area contributed by atoms with Crippen molar-refractivity contribution in [3.8, 4) is 0 Å². The summed E-state index contributed by atoms with van der Waals surface area (Å²) in [4.78, 5) is 19.0. The number of nitrogens with zero attached hydrogens (tertiary/aromatic N) is 1. The Balaban J connectivity index is 1.66. The lowest BCUT2D eigenvalue weighted by Gasteiger charge is -2.25. The molecule has 102 valence electrons. The molecule has 1 saturated carbocycles. The van der Waals surface area contributed by atoms with Gasteiger partial charge in [-0.3, -0.25) is 4.79 Å². The molecule has 0 spiro atoms. The minimum absolute atomic E-state index is 0.0794. The molecule has 5 nitrogen and oxygen atoms in total. The quantitative estimate of drug-likeness (QED) is 0.897. The van der Waals surface area contributed by atoms with Crippen molar-refractivity contribution in [2.24, 2.45) is 5.73 Å². The van der Waals surface area contributed by atoms with Crippen LogP contribution in [0.25, 0.3) is 10.2 Å². The zero-order chi connectivity index (χ0) is 13.2. The van der Waals surface area contributed by atoms with Crippen LogP contribution in [0.4, 0.5) is 0 Å². The van der Waals surface area contributed by atoms with Crippen molar-refractivity contribution < 1.29 is 4.74 Å². The first-order valence-corrected chi connectivity index (χ1v) is 7.44. The lowest BCUT2D eigenvalue weighted by atomic mass is 9.94. The fourth-order valence-corrected chi connectivity index (χ4v) is 3.17. The van der Waals surface area contributed by atoms with Crippen LogP contribution in [0.1, 0.15) is 31.5 Å². The molecule has 0 radical (unpaired) electrons. The fraction of sp³-hybridized carbons (Fsp3) is 0.538. The van der Waals surface area contributed by atoms with E-state index in [0.717, 1.165) is 31.2 Å². The second-order valence-corrected chi connectivity index (χ2v) is 5.91. The zero-order valence-electron chi connectivity index (χ0n) is 10.6. The normalized spacial score (nSPS) is 23.8. The molecule has 2 heterocycles. The van der Waals surface area contributed by atoms with E-state index in [4.69, 9.17) is 10.5 Å². The first kappa shape index (κ1) is 12.8. The van der Waals surface area contributed by atoms with E-state index in [-0.39, 0.29) is 11.7 Å². The average Bonchev–Trinajstić information content (AvgIpc) is 2.87. The summed E-state index contributed by atoms with van der Waals surface area (Å²) in [7, 11) is 0. The predicted molar refractivity (Wildman–Crippen MR) is 75.3 cm³/mol. The maximum absolute atomic E-state index is 11.8. The van der Waals surface area contributed by atoms with Crippen molar-refractivity contribution in [2.45, 2.75) is 44.4 Å². The van der Waals surface area contributed by atoms with Crippen LogP contribution in [0.3, 0.4) is 0 Å². The van der Waals surface area contributed by atoms with Crippen LogP contribution >= 0.6 is 11.3 Å². The van der Waals surface area contributed by atoms with E-state index in [1.165, 1.54) is 11.3 Å². The van der Waals surface area contributed by atoms with Gasteiger partial charge in [0.2, 0.25) is 0 Å². The average molecular weight is 279 g/mol. The summed E-state index contributed by atoms with van der Waals surface area (Å²) in [6, 6.07) is 2.18. The van der Waals surface area contributed by atoms with Crippen molar-refractivity contribution in [1.82, 2.24) is 9.97 Å². The summed E-state index contributed by atoms with van der Waals surface area (Å²) < 4.78 is 6.49. The first-order chi connectivity index (χ1) is 9.22. The number of aromatic amines is 1. The molecule has 0 saturated heterocycles. The van der Waals surface area contributed by atoms with Crippen LogP contribution in [0.2, 0.25) is 0 Å². The van der Waals surface area contributed by atoms with E-state index in [1.807, 2.05) is 11.4 Å². The summed E-state index contributed by atoms with van der Waals surface area (Å²) in [5.41, 5.74) is 6.53. The number of ether oxygens (including phenoxy) is 1. The fourth-order valence-electron chi connectivity index (χ4n) is 2.44. The Kier molecular flexibility index (Phi) is 3.63. The Morgan fingerprint density at radius 1 is 1.42 bits per heavy atom. The van der Waals surface area contributed by atoms with E-state index < -0.39 is 0 Å². The minimum atomic E-state index is -0.0794. The van der Waals surface area contributed by atoms with Crippen LogP contribution in [0.5, 0.6) is 0 Å². The van der Waals surface area contributed by atoms with Gasteiger partial charge in [0, 0.05) is 6.04 Å². The number of H-pyrrole nitrogens is 1. The molecule has 1 aliphatic rings. The van der Waals surface area contributed by atoms with E-state index in [0.29, 0.717) is 23.2 Å². The van der Waals surface area contributed by atoms with Gasteiger partial charge in [-0.15, -0.1) is 11.3 Å². The van der Waals surface area contributed by atoms with Gasteiger partial charge in [0.05, 0.1) is 11.6 Å². The molecule has 0 amide bonds. The number of fused-ring (bicyclic) bond motifs is 1. The van der Waals surface area contributed by atoms with Crippen molar-refractivity contribution in [1.29, 1.82) is 0 Å². The molecule has 1 fully saturated rings. The van der Waals surface area contributed by atoms with E-state index in [2.05, 4.69) is 9.97 Å². The molecule has 3 N–H and O–H groups in total. The van der Waals surface area contributed by atoms with Crippen molar-refractivity contribution in [2.75, 3.05) is 0 Å². The van der Waals surface area contributed by atoms with Gasteiger partial charge in [-0.2, -0.15) is 0 Å². The number of nitrogens with one attached hydrogen (secondary N) is 1. The Labute approximate surface area is 114 Å². The number of rotatable bonds is 3. The molecule has 0 aromatic carbocycles. The number of aromatic nitrogens is 2. The third-order valence-electron chi connectivity index (χ3n) is 3.54. The largest absolute Gasteiger partial charge is 0.370 e.